The third-order valence-corrected chi connectivity index (χ3v) is 8.64. The fourth-order valence-electron chi connectivity index (χ4n) is 1.86. The Morgan fingerprint density at radius 3 is 1.96 bits per heavy atom. The van der Waals surface area contributed by atoms with Crippen molar-refractivity contribution in [2.45, 2.75) is 98.5 Å². The van der Waals surface area contributed by atoms with Crippen LogP contribution in [0.5, 0.6) is 0 Å². The molecular weight excluding hydrogens is 306 g/mol. The zero-order valence-corrected chi connectivity index (χ0v) is 18.0. The van der Waals surface area contributed by atoms with Crippen molar-refractivity contribution in [3.8, 4) is 0 Å². The van der Waals surface area contributed by atoms with Crippen LogP contribution in [-0.2, 0) is 9.26 Å². The maximum atomic E-state index is 12.7. The van der Waals surface area contributed by atoms with Gasteiger partial charge in [0.05, 0.1) is 6.04 Å². The third-order valence-electron chi connectivity index (χ3n) is 4.37. The van der Waals surface area contributed by atoms with E-state index in [4.69, 9.17) is 9.26 Å². The summed E-state index contributed by atoms with van der Waals surface area (Å²) in [7, 11) is -2.14. The Kier molecular flexibility index (Phi) is 7.56. The molecule has 1 atom stereocenters. The number of carbonyl (C=O) groups is 1. The van der Waals surface area contributed by atoms with Gasteiger partial charge in [-0.05, 0) is 64.7 Å². The fourth-order valence-corrected chi connectivity index (χ4v) is 2.85. The van der Waals surface area contributed by atoms with Gasteiger partial charge >= 0.3 is 6.09 Å². The molecule has 0 aromatic carbocycles. The smallest absolute Gasteiger partial charge is 0.434 e. The zero-order valence-electron chi connectivity index (χ0n) is 17.0. The van der Waals surface area contributed by atoms with Crippen molar-refractivity contribution >= 4 is 14.4 Å². The van der Waals surface area contributed by atoms with Crippen LogP contribution >= 0.6 is 0 Å². The highest BCUT2D eigenvalue weighted by Crippen LogP contribution is 2.38. The van der Waals surface area contributed by atoms with Crippen LogP contribution in [0.4, 0.5) is 4.79 Å². The molecular formula is C18H37NO3Si. The van der Waals surface area contributed by atoms with E-state index in [1.165, 1.54) is 5.06 Å². The number of carbonyl (C=O) groups excluding carboxylic acids is 1. The molecule has 0 saturated heterocycles. The second-order valence-electron chi connectivity index (χ2n) is 8.55. The minimum atomic E-state index is -2.14. The van der Waals surface area contributed by atoms with Crippen molar-refractivity contribution < 1.29 is 14.1 Å². The highest BCUT2D eigenvalue weighted by atomic mass is 28.4. The summed E-state index contributed by atoms with van der Waals surface area (Å²) in [4.78, 5) is 12.7. The van der Waals surface area contributed by atoms with Crippen LogP contribution in [0.15, 0.2) is 11.6 Å². The van der Waals surface area contributed by atoms with Crippen molar-refractivity contribution in [3.05, 3.63) is 11.6 Å². The average Bonchev–Trinajstić information content (AvgIpc) is 2.33. The molecule has 0 aliphatic carbocycles. The number of nitrogens with zero attached hydrogens (tertiary/aromatic N) is 1. The SMILES string of the molecule is C/C=C(\CC)C(C)N(O[Si](C)(C)C(C)(C)C)C(=O)OC(C)(C)C. The van der Waals surface area contributed by atoms with Gasteiger partial charge in [-0.1, -0.05) is 33.8 Å². The number of hydroxylamine groups is 2. The molecule has 0 aromatic rings. The van der Waals surface area contributed by atoms with Gasteiger partial charge in [0.1, 0.15) is 5.60 Å². The van der Waals surface area contributed by atoms with Gasteiger partial charge in [-0.2, -0.15) is 5.06 Å². The molecule has 0 aliphatic heterocycles. The van der Waals surface area contributed by atoms with Crippen molar-refractivity contribution in [2.75, 3.05) is 0 Å². The summed E-state index contributed by atoms with van der Waals surface area (Å²) in [6, 6.07) is -0.144. The summed E-state index contributed by atoms with van der Waals surface area (Å²) in [5.41, 5.74) is 0.614. The van der Waals surface area contributed by atoms with Gasteiger partial charge in [-0.3, -0.25) is 0 Å². The first-order chi connectivity index (χ1) is 10.2. The number of allylic oxidation sites excluding steroid dienone is 1. The highest BCUT2D eigenvalue weighted by Gasteiger charge is 2.43. The quantitative estimate of drug-likeness (QED) is 0.354. The van der Waals surface area contributed by atoms with Crippen molar-refractivity contribution in [2.24, 2.45) is 0 Å². The first-order valence-electron chi connectivity index (χ1n) is 8.52. The van der Waals surface area contributed by atoms with Gasteiger partial charge in [0.2, 0.25) is 8.32 Å². The van der Waals surface area contributed by atoms with Gasteiger partial charge in [0.15, 0.2) is 0 Å². The molecule has 0 aromatic heterocycles. The number of amides is 1. The summed E-state index contributed by atoms with van der Waals surface area (Å²) in [5, 5.41) is 1.47. The van der Waals surface area contributed by atoms with Crippen LogP contribution in [0.2, 0.25) is 18.1 Å². The van der Waals surface area contributed by atoms with Crippen LogP contribution in [0, 0.1) is 0 Å². The van der Waals surface area contributed by atoms with E-state index >= 15 is 0 Å². The van der Waals surface area contributed by atoms with E-state index in [-0.39, 0.29) is 11.1 Å². The lowest BCUT2D eigenvalue weighted by Crippen LogP contribution is -2.52. The molecule has 0 bridgehead atoms. The van der Waals surface area contributed by atoms with Gasteiger partial charge in [0, 0.05) is 0 Å². The molecule has 0 spiro atoms. The monoisotopic (exact) mass is 343 g/mol. The Bertz CT molecular complexity index is 431. The molecule has 5 heteroatoms. The normalized spacial score (nSPS) is 15.3. The third kappa shape index (κ3) is 6.67. The molecule has 136 valence electrons. The van der Waals surface area contributed by atoms with Crippen molar-refractivity contribution in [1.29, 1.82) is 0 Å². The Hall–Kier alpha value is -0.813. The molecule has 1 unspecified atom stereocenters. The van der Waals surface area contributed by atoms with E-state index in [9.17, 15) is 4.79 Å². The van der Waals surface area contributed by atoms with Crippen LogP contribution in [-0.4, -0.2) is 31.1 Å². The molecule has 0 saturated carbocycles. The molecule has 1 amide bonds. The average molecular weight is 344 g/mol. The lowest BCUT2D eigenvalue weighted by Gasteiger charge is -2.42. The van der Waals surface area contributed by atoms with Crippen LogP contribution < -0.4 is 0 Å². The molecule has 0 fully saturated rings. The summed E-state index contributed by atoms with van der Waals surface area (Å²) in [5.74, 6) is 0. The van der Waals surface area contributed by atoms with Crippen molar-refractivity contribution in [1.82, 2.24) is 5.06 Å². The first-order valence-corrected chi connectivity index (χ1v) is 11.4. The van der Waals surface area contributed by atoms with E-state index < -0.39 is 20.0 Å². The van der Waals surface area contributed by atoms with E-state index in [1.807, 2.05) is 34.6 Å². The number of hydrogen-bond acceptors (Lipinski definition) is 3. The predicted octanol–water partition coefficient (Wildman–Crippen LogP) is 5.91. The number of ether oxygens (including phenoxy) is 1. The number of rotatable bonds is 5. The first kappa shape index (κ1) is 22.2. The van der Waals surface area contributed by atoms with Crippen molar-refractivity contribution in [3.63, 3.8) is 0 Å². The molecule has 0 N–H and O–H groups in total. The fraction of sp³-hybridized carbons (Fsp3) is 0.833. The van der Waals surface area contributed by atoms with E-state index in [0.29, 0.717) is 0 Å². The van der Waals surface area contributed by atoms with Gasteiger partial charge in [-0.25, -0.2) is 4.79 Å². The standard InChI is InChI=1S/C18H37NO3Si/c1-12-15(13-2)14(3)19(16(20)21-17(4,5)6)22-23(10,11)18(7,8)9/h12,14H,13H2,1-11H3/b15-12+. The molecule has 0 heterocycles. The molecule has 0 radical (unpaired) electrons. The lowest BCUT2D eigenvalue weighted by molar-refractivity contribution is -0.0963. The van der Waals surface area contributed by atoms with Gasteiger partial charge in [-0.15, -0.1) is 0 Å². The maximum absolute atomic E-state index is 12.7. The maximum Gasteiger partial charge on any atom is 0.434 e. The largest absolute Gasteiger partial charge is 0.442 e. The molecule has 0 aliphatic rings. The summed E-state index contributed by atoms with van der Waals surface area (Å²) in [6.07, 6.45) is 2.51. The Balaban J connectivity index is 5.60. The van der Waals surface area contributed by atoms with E-state index in [2.05, 4.69) is 46.9 Å². The Morgan fingerprint density at radius 2 is 1.65 bits per heavy atom. The minimum Gasteiger partial charge on any atom is -0.442 e. The lowest BCUT2D eigenvalue weighted by atomic mass is 10.1. The van der Waals surface area contributed by atoms with Crippen LogP contribution in [0.3, 0.4) is 0 Å². The highest BCUT2D eigenvalue weighted by molar-refractivity contribution is 6.74. The van der Waals surface area contributed by atoms with Gasteiger partial charge in [0.25, 0.3) is 0 Å². The number of hydrogen-bond donors (Lipinski definition) is 0. The predicted molar refractivity (Wildman–Crippen MR) is 99.9 cm³/mol. The summed E-state index contributed by atoms with van der Waals surface area (Å²) in [6.45, 7) is 22.4. The van der Waals surface area contributed by atoms with E-state index in [1.54, 1.807) is 0 Å². The van der Waals surface area contributed by atoms with Crippen LogP contribution in [0.25, 0.3) is 0 Å². The summed E-state index contributed by atoms with van der Waals surface area (Å²) >= 11 is 0. The second-order valence-corrected chi connectivity index (χ2v) is 13.3. The Labute approximate surface area is 144 Å². The Morgan fingerprint density at radius 1 is 1.17 bits per heavy atom. The second kappa shape index (κ2) is 7.84. The minimum absolute atomic E-state index is 0.00922. The molecule has 0 rings (SSSR count). The summed E-state index contributed by atoms with van der Waals surface area (Å²) < 4.78 is 11.9. The van der Waals surface area contributed by atoms with E-state index in [0.717, 1.165) is 12.0 Å². The molecule has 23 heavy (non-hydrogen) atoms. The topological polar surface area (TPSA) is 38.8 Å². The van der Waals surface area contributed by atoms with Crippen LogP contribution in [0.1, 0.15) is 68.7 Å². The van der Waals surface area contributed by atoms with Gasteiger partial charge < -0.3 is 9.26 Å². The molecule has 4 nitrogen and oxygen atoms in total. The zero-order chi connectivity index (χ0) is 18.6.